The maximum absolute atomic E-state index is 14.6. The molecule has 1 aromatic carbocycles. The number of rotatable bonds is 5. The SMILES string of the molecule is CC1CC(F)(F)CN(C(=O)c2nn(C)cc2-c2cccc(Cl)c2)C1CNc1cnc(C(F)(F)F)cn1. The Morgan fingerprint density at radius 3 is 2.64 bits per heavy atom. The van der Waals surface area contributed by atoms with Gasteiger partial charge in [-0.05, 0) is 23.6 Å². The van der Waals surface area contributed by atoms with E-state index in [0.717, 1.165) is 11.1 Å². The van der Waals surface area contributed by atoms with Gasteiger partial charge in [0.05, 0.1) is 25.0 Å². The summed E-state index contributed by atoms with van der Waals surface area (Å²) in [7, 11) is 1.61. The molecule has 0 aliphatic carbocycles. The van der Waals surface area contributed by atoms with E-state index in [2.05, 4.69) is 20.4 Å². The Kier molecular flexibility index (Phi) is 6.91. The molecule has 3 heterocycles. The second-order valence-electron chi connectivity index (χ2n) is 8.78. The van der Waals surface area contributed by atoms with Crippen LogP contribution in [0.3, 0.4) is 0 Å². The maximum Gasteiger partial charge on any atom is 0.434 e. The number of likely N-dealkylation sites (tertiary alicyclic amines) is 1. The van der Waals surface area contributed by atoms with Crippen LogP contribution in [-0.4, -0.2) is 55.6 Å². The van der Waals surface area contributed by atoms with Crippen LogP contribution in [0.5, 0.6) is 0 Å². The third-order valence-electron chi connectivity index (χ3n) is 5.94. The van der Waals surface area contributed by atoms with E-state index >= 15 is 0 Å². The van der Waals surface area contributed by atoms with E-state index in [9.17, 15) is 26.7 Å². The van der Waals surface area contributed by atoms with Crippen molar-refractivity contribution < 1.29 is 26.7 Å². The van der Waals surface area contributed by atoms with Gasteiger partial charge in [0.1, 0.15) is 5.82 Å². The lowest BCUT2D eigenvalue weighted by Gasteiger charge is -2.43. The highest BCUT2D eigenvalue weighted by molar-refractivity contribution is 6.30. The molecule has 0 saturated carbocycles. The van der Waals surface area contributed by atoms with Crippen LogP contribution < -0.4 is 5.32 Å². The van der Waals surface area contributed by atoms with Gasteiger partial charge in [-0.15, -0.1) is 0 Å². The van der Waals surface area contributed by atoms with Gasteiger partial charge in [-0.3, -0.25) is 9.48 Å². The number of amides is 1. The average Bonchev–Trinajstić information content (AvgIpc) is 3.18. The Morgan fingerprint density at radius 2 is 2.00 bits per heavy atom. The second kappa shape index (κ2) is 9.64. The molecular weight excluding hydrogens is 507 g/mol. The van der Waals surface area contributed by atoms with Crippen LogP contribution in [0.4, 0.5) is 27.8 Å². The molecule has 1 amide bonds. The molecule has 0 spiro atoms. The van der Waals surface area contributed by atoms with Gasteiger partial charge < -0.3 is 10.2 Å². The van der Waals surface area contributed by atoms with Crippen molar-refractivity contribution in [3.8, 4) is 11.1 Å². The summed E-state index contributed by atoms with van der Waals surface area (Å²) in [5.41, 5.74) is -0.124. The van der Waals surface area contributed by atoms with Crippen LogP contribution in [0.2, 0.25) is 5.02 Å². The van der Waals surface area contributed by atoms with Crippen molar-refractivity contribution in [2.75, 3.05) is 18.4 Å². The summed E-state index contributed by atoms with van der Waals surface area (Å²) < 4.78 is 68.8. The molecule has 2 aromatic heterocycles. The molecule has 0 radical (unpaired) electrons. The molecule has 2 unspecified atom stereocenters. The van der Waals surface area contributed by atoms with Gasteiger partial charge in [0.25, 0.3) is 11.8 Å². The van der Waals surface area contributed by atoms with Crippen molar-refractivity contribution in [2.45, 2.75) is 31.5 Å². The smallest absolute Gasteiger partial charge is 0.367 e. The van der Waals surface area contributed by atoms with Crippen molar-refractivity contribution >= 4 is 23.3 Å². The number of benzene rings is 1. The zero-order valence-electron chi connectivity index (χ0n) is 19.2. The standard InChI is InChI=1S/C23H22ClF5N6O/c1-13-7-22(25,26)12-35(17(13)8-31-19-10-30-18(9-32-19)23(27,28)29)21(36)20-16(11-34(2)33-20)14-4-3-5-15(24)6-14/h3-6,9-11,13,17H,7-8,12H2,1-2H3,(H,31,32). The molecule has 1 aliphatic rings. The molecule has 1 saturated heterocycles. The Bertz CT molecular complexity index is 1250. The van der Waals surface area contributed by atoms with Crippen LogP contribution in [0.25, 0.3) is 11.1 Å². The van der Waals surface area contributed by atoms with E-state index in [0.29, 0.717) is 22.3 Å². The first kappa shape index (κ1) is 25.8. The second-order valence-corrected chi connectivity index (χ2v) is 9.22. The number of nitrogens with one attached hydrogen (secondary N) is 1. The number of alkyl halides is 5. The Hall–Kier alpha value is -3.28. The minimum atomic E-state index is -4.64. The van der Waals surface area contributed by atoms with E-state index in [1.165, 1.54) is 4.68 Å². The molecule has 36 heavy (non-hydrogen) atoms. The molecule has 7 nitrogen and oxygen atoms in total. The minimum Gasteiger partial charge on any atom is -0.367 e. The van der Waals surface area contributed by atoms with Crippen molar-refractivity contribution in [1.82, 2.24) is 24.6 Å². The van der Waals surface area contributed by atoms with Crippen molar-refractivity contribution in [1.29, 1.82) is 0 Å². The van der Waals surface area contributed by atoms with Gasteiger partial charge in [0.2, 0.25) is 0 Å². The molecule has 2 atom stereocenters. The molecule has 1 fully saturated rings. The largest absolute Gasteiger partial charge is 0.434 e. The van der Waals surface area contributed by atoms with Crippen LogP contribution in [-0.2, 0) is 13.2 Å². The van der Waals surface area contributed by atoms with Crippen LogP contribution >= 0.6 is 11.6 Å². The highest BCUT2D eigenvalue weighted by atomic mass is 35.5. The number of anilines is 1. The molecule has 13 heteroatoms. The lowest BCUT2D eigenvalue weighted by atomic mass is 9.88. The van der Waals surface area contributed by atoms with Gasteiger partial charge in [-0.2, -0.15) is 18.3 Å². The van der Waals surface area contributed by atoms with Gasteiger partial charge >= 0.3 is 6.18 Å². The monoisotopic (exact) mass is 528 g/mol. The van der Waals surface area contributed by atoms with Crippen LogP contribution in [0.15, 0.2) is 42.9 Å². The number of nitrogens with zero attached hydrogens (tertiary/aromatic N) is 5. The van der Waals surface area contributed by atoms with Gasteiger partial charge in [0.15, 0.2) is 11.4 Å². The molecule has 3 aromatic rings. The van der Waals surface area contributed by atoms with Gasteiger partial charge in [-0.25, -0.2) is 18.7 Å². The number of piperidine rings is 1. The predicted octanol–water partition coefficient (Wildman–Crippen LogP) is 5.15. The van der Waals surface area contributed by atoms with E-state index in [4.69, 9.17) is 11.6 Å². The Morgan fingerprint density at radius 1 is 1.25 bits per heavy atom. The summed E-state index contributed by atoms with van der Waals surface area (Å²) in [6.45, 7) is 0.740. The first-order valence-corrected chi connectivity index (χ1v) is 11.3. The van der Waals surface area contributed by atoms with Crippen molar-refractivity contribution in [3.05, 3.63) is 59.3 Å². The number of hydrogen-bond donors (Lipinski definition) is 1. The summed E-state index contributed by atoms with van der Waals surface area (Å²) in [4.78, 5) is 21.7. The van der Waals surface area contributed by atoms with E-state index in [1.54, 1.807) is 44.4 Å². The highest BCUT2D eigenvalue weighted by Gasteiger charge is 2.47. The summed E-state index contributed by atoms with van der Waals surface area (Å²) in [6, 6.07) is 6.03. The number of carbonyl (C=O) groups excluding carboxylic acids is 1. The van der Waals surface area contributed by atoms with Gasteiger partial charge in [0, 0.05) is 36.8 Å². The molecular formula is C23H22ClF5N6O. The zero-order valence-corrected chi connectivity index (χ0v) is 20.0. The molecule has 1 N–H and O–H groups in total. The summed E-state index contributed by atoms with van der Waals surface area (Å²) in [5.74, 6) is -4.42. The lowest BCUT2D eigenvalue weighted by Crippen LogP contribution is -2.57. The Balaban J connectivity index is 1.61. The fraction of sp³-hybridized carbons (Fsp3) is 0.391. The maximum atomic E-state index is 14.6. The first-order chi connectivity index (χ1) is 16.8. The molecule has 4 rings (SSSR count). The lowest BCUT2D eigenvalue weighted by molar-refractivity contribution is -0.141. The summed E-state index contributed by atoms with van der Waals surface area (Å²) >= 11 is 6.09. The molecule has 1 aliphatic heterocycles. The number of halogens is 6. The predicted molar refractivity (Wildman–Crippen MR) is 123 cm³/mol. The summed E-state index contributed by atoms with van der Waals surface area (Å²) in [6.07, 6.45) is -2.00. The van der Waals surface area contributed by atoms with Crippen molar-refractivity contribution in [2.24, 2.45) is 13.0 Å². The normalized spacial score (nSPS) is 19.8. The fourth-order valence-electron chi connectivity index (χ4n) is 4.30. The minimum absolute atomic E-state index is 0.0102. The average molecular weight is 529 g/mol. The fourth-order valence-corrected chi connectivity index (χ4v) is 4.49. The van der Waals surface area contributed by atoms with E-state index in [1.807, 2.05) is 0 Å². The number of carbonyl (C=O) groups is 1. The molecule has 0 bridgehead atoms. The van der Waals surface area contributed by atoms with Crippen LogP contribution in [0.1, 0.15) is 29.5 Å². The summed E-state index contributed by atoms with van der Waals surface area (Å²) in [5, 5.41) is 7.50. The Labute approximate surface area is 208 Å². The molecule has 192 valence electrons. The van der Waals surface area contributed by atoms with Crippen LogP contribution in [0, 0.1) is 5.92 Å². The quantitative estimate of drug-likeness (QED) is 0.464. The highest BCUT2D eigenvalue weighted by Crippen LogP contribution is 2.36. The first-order valence-electron chi connectivity index (χ1n) is 11.0. The third kappa shape index (κ3) is 5.58. The third-order valence-corrected chi connectivity index (χ3v) is 6.18. The number of aromatic nitrogens is 4. The topological polar surface area (TPSA) is 75.9 Å². The van der Waals surface area contributed by atoms with E-state index < -0.39 is 48.6 Å². The number of hydrogen-bond acceptors (Lipinski definition) is 5. The van der Waals surface area contributed by atoms with Gasteiger partial charge in [-0.1, -0.05) is 30.7 Å². The number of aryl methyl sites for hydroxylation is 1. The van der Waals surface area contributed by atoms with E-state index in [-0.39, 0.29) is 18.1 Å². The zero-order chi connectivity index (χ0) is 26.3. The van der Waals surface area contributed by atoms with Crippen molar-refractivity contribution in [3.63, 3.8) is 0 Å².